The van der Waals surface area contributed by atoms with Crippen LogP contribution in [0.25, 0.3) is 0 Å². The van der Waals surface area contributed by atoms with Crippen LogP contribution in [-0.2, 0) is 16.1 Å². The fraction of sp³-hybridized carbons (Fsp3) is 0.591. The Kier molecular flexibility index (Phi) is 6.55. The number of imide groups is 1. The van der Waals surface area contributed by atoms with Gasteiger partial charge in [0.25, 0.3) is 5.91 Å². The van der Waals surface area contributed by atoms with Crippen molar-refractivity contribution in [2.24, 2.45) is 0 Å². The van der Waals surface area contributed by atoms with E-state index in [1.807, 2.05) is 0 Å². The Balaban J connectivity index is 1.75. The third-order valence-corrected chi connectivity index (χ3v) is 6.02. The van der Waals surface area contributed by atoms with Crippen molar-refractivity contribution in [3.05, 3.63) is 35.6 Å². The molecule has 2 fully saturated rings. The number of rotatable bonds is 8. The molecule has 2 aliphatic rings. The van der Waals surface area contributed by atoms with E-state index < -0.39 is 17.6 Å². The van der Waals surface area contributed by atoms with Crippen molar-refractivity contribution < 1.29 is 18.8 Å². The highest BCUT2D eigenvalue weighted by Gasteiger charge is 2.54. The summed E-state index contributed by atoms with van der Waals surface area (Å²) in [6.45, 7) is 4.56. The lowest BCUT2D eigenvalue weighted by molar-refractivity contribution is -0.143. The number of nitrogens with one attached hydrogen (secondary N) is 1. The molecule has 1 spiro atoms. The molecule has 1 aromatic rings. The van der Waals surface area contributed by atoms with Gasteiger partial charge < -0.3 is 10.2 Å². The molecular weight excluding hydrogens is 373 g/mol. The summed E-state index contributed by atoms with van der Waals surface area (Å²) in [5.74, 6) is -0.868. The monoisotopic (exact) mass is 403 g/mol. The zero-order valence-corrected chi connectivity index (χ0v) is 17.2. The van der Waals surface area contributed by atoms with Gasteiger partial charge >= 0.3 is 6.03 Å². The molecule has 3 rings (SSSR count). The van der Waals surface area contributed by atoms with E-state index in [0.29, 0.717) is 25.9 Å². The summed E-state index contributed by atoms with van der Waals surface area (Å²) in [7, 11) is 0. The van der Waals surface area contributed by atoms with Crippen LogP contribution in [0.15, 0.2) is 24.3 Å². The van der Waals surface area contributed by atoms with Crippen LogP contribution in [0.5, 0.6) is 0 Å². The van der Waals surface area contributed by atoms with Gasteiger partial charge in [0.15, 0.2) is 0 Å². The first-order valence-corrected chi connectivity index (χ1v) is 10.6. The molecule has 7 heteroatoms. The van der Waals surface area contributed by atoms with Crippen LogP contribution in [0.3, 0.4) is 0 Å². The Bertz CT molecular complexity index is 759. The van der Waals surface area contributed by atoms with Crippen molar-refractivity contribution in [3.8, 4) is 0 Å². The molecule has 6 nitrogen and oxygen atoms in total. The summed E-state index contributed by atoms with van der Waals surface area (Å²) < 4.78 is 13.2. The summed E-state index contributed by atoms with van der Waals surface area (Å²) in [4.78, 5) is 41.6. The number of nitrogens with zero attached hydrogens (tertiary/aromatic N) is 2. The van der Waals surface area contributed by atoms with Crippen LogP contribution in [0.4, 0.5) is 9.18 Å². The first-order valence-electron chi connectivity index (χ1n) is 10.6. The van der Waals surface area contributed by atoms with Crippen LogP contribution in [0.1, 0.15) is 64.4 Å². The van der Waals surface area contributed by atoms with E-state index in [4.69, 9.17) is 0 Å². The topological polar surface area (TPSA) is 69.7 Å². The first-order chi connectivity index (χ1) is 13.9. The normalized spacial score (nSPS) is 18.9. The average Bonchev–Trinajstić information content (AvgIpc) is 3.26. The minimum absolute atomic E-state index is 0.260. The number of halogens is 1. The summed E-state index contributed by atoms with van der Waals surface area (Å²) in [5, 5.41) is 2.84. The zero-order chi connectivity index (χ0) is 21.0. The van der Waals surface area contributed by atoms with Crippen LogP contribution < -0.4 is 5.32 Å². The standard InChI is InChI=1S/C22H30FN3O3/c1-3-4-7-14-25(15-17-8-10-18(23)11-9-17)19(27)16(2)26-20(28)22(24-21(26)29)12-5-6-13-22/h8-11,16H,3-7,12-15H2,1-2H3,(H,24,29). The van der Waals surface area contributed by atoms with E-state index >= 15 is 0 Å². The second kappa shape index (κ2) is 8.93. The van der Waals surface area contributed by atoms with E-state index in [-0.39, 0.29) is 17.6 Å². The van der Waals surface area contributed by atoms with Gasteiger partial charge in [-0.2, -0.15) is 0 Å². The molecule has 29 heavy (non-hydrogen) atoms. The fourth-order valence-electron chi connectivity index (χ4n) is 4.32. The maximum Gasteiger partial charge on any atom is 0.325 e. The Morgan fingerprint density at radius 2 is 1.86 bits per heavy atom. The minimum atomic E-state index is -0.871. The predicted molar refractivity (Wildman–Crippen MR) is 107 cm³/mol. The lowest BCUT2D eigenvalue weighted by atomic mass is 9.97. The molecule has 1 N–H and O–H groups in total. The first kappa shape index (κ1) is 21.3. The Morgan fingerprint density at radius 3 is 2.48 bits per heavy atom. The molecule has 158 valence electrons. The molecule has 1 unspecified atom stereocenters. The molecule has 0 radical (unpaired) electrons. The number of unbranched alkanes of at least 4 members (excludes halogenated alkanes) is 2. The number of benzene rings is 1. The number of hydrogen-bond donors (Lipinski definition) is 1. The predicted octanol–water partition coefficient (Wildman–Crippen LogP) is 3.60. The molecule has 1 heterocycles. The highest BCUT2D eigenvalue weighted by Crippen LogP contribution is 2.36. The summed E-state index contributed by atoms with van der Waals surface area (Å²) >= 11 is 0. The quantitative estimate of drug-likeness (QED) is 0.533. The van der Waals surface area contributed by atoms with Crippen molar-refractivity contribution in [3.63, 3.8) is 0 Å². The number of carbonyl (C=O) groups excluding carboxylic acids is 3. The van der Waals surface area contributed by atoms with Crippen molar-refractivity contribution >= 4 is 17.8 Å². The van der Waals surface area contributed by atoms with E-state index in [1.165, 1.54) is 12.1 Å². The van der Waals surface area contributed by atoms with Gasteiger partial charge in [-0.15, -0.1) is 0 Å². The van der Waals surface area contributed by atoms with Crippen LogP contribution >= 0.6 is 0 Å². The maximum absolute atomic E-state index is 13.3. The second-order valence-corrected chi connectivity index (χ2v) is 8.16. The number of amides is 4. The Labute approximate surface area is 171 Å². The smallest absolute Gasteiger partial charge is 0.325 e. The average molecular weight is 403 g/mol. The molecule has 4 amide bonds. The third-order valence-electron chi connectivity index (χ3n) is 6.02. The molecule has 1 saturated heterocycles. The van der Waals surface area contributed by atoms with E-state index in [0.717, 1.165) is 42.6 Å². The van der Waals surface area contributed by atoms with Crippen LogP contribution in [0.2, 0.25) is 0 Å². The number of carbonyl (C=O) groups is 3. The van der Waals surface area contributed by atoms with Crippen LogP contribution in [0, 0.1) is 5.82 Å². The highest BCUT2D eigenvalue weighted by molar-refractivity contribution is 6.09. The lowest BCUT2D eigenvalue weighted by Gasteiger charge is -2.30. The third kappa shape index (κ3) is 4.43. The largest absolute Gasteiger partial charge is 0.337 e. The van der Waals surface area contributed by atoms with Gasteiger partial charge in [0, 0.05) is 13.1 Å². The lowest BCUT2D eigenvalue weighted by Crippen LogP contribution is -2.51. The maximum atomic E-state index is 13.3. The summed E-state index contributed by atoms with van der Waals surface area (Å²) in [6.07, 6.45) is 5.89. The van der Waals surface area contributed by atoms with Crippen molar-refractivity contribution in [2.45, 2.75) is 76.9 Å². The van der Waals surface area contributed by atoms with E-state index in [2.05, 4.69) is 12.2 Å². The highest BCUT2D eigenvalue weighted by atomic mass is 19.1. The van der Waals surface area contributed by atoms with Gasteiger partial charge in [-0.1, -0.05) is 44.7 Å². The summed E-state index contributed by atoms with van der Waals surface area (Å²) in [5.41, 5.74) is -0.0109. The zero-order valence-electron chi connectivity index (χ0n) is 17.2. The molecule has 0 aromatic heterocycles. The number of urea groups is 1. The SMILES string of the molecule is CCCCCN(Cc1ccc(F)cc1)C(=O)C(C)N1C(=O)NC2(CCCC2)C1=O. The fourth-order valence-corrected chi connectivity index (χ4v) is 4.32. The van der Waals surface area contributed by atoms with Crippen LogP contribution in [-0.4, -0.2) is 45.8 Å². The van der Waals surface area contributed by atoms with Crippen molar-refractivity contribution in [2.75, 3.05) is 6.54 Å². The van der Waals surface area contributed by atoms with Gasteiger partial charge in [-0.05, 0) is 43.9 Å². The second-order valence-electron chi connectivity index (χ2n) is 8.16. The van der Waals surface area contributed by atoms with Gasteiger partial charge in [0.1, 0.15) is 17.4 Å². The van der Waals surface area contributed by atoms with E-state index in [1.54, 1.807) is 24.0 Å². The summed E-state index contributed by atoms with van der Waals surface area (Å²) in [6, 6.07) is 4.70. The van der Waals surface area contributed by atoms with Gasteiger partial charge in [0.2, 0.25) is 5.91 Å². The van der Waals surface area contributed by atoms with Gasteiger partial charge in [-0.25, -0.2) is 14.1 Å². The molecule has 0 bridgehead atoms. The number of hydrogen-bond acceptors (Lipinski definition) is 3. The molecule has 1 aliphatic heterocycles. The molecule has 1 saturated carbocycles. The van der Waals surface area contributed by atoms with Gasteiger partial charge in [0.05, 0.1) is 0 Å². The minimum Gasteiger partial charge on any atom is -0.337 e. The Hall–Kier alpha value is -2.44. The van der Waals surface area contributed by atoms with Gasteiger partial charge in [-0.3, -0.25) is 9.59 Å². The molecule has 1 atom stereocenters. The molecular formula is C22H30FN3O3. The van der Waals surface area contributed by atoms with E-state index in [9.17, 15) is 18.8 Å². The van der Waals surface area contributed by atoms with Crippen molar-refractivity contribution in [1.29, 1.82) is 0 Å². The molecule has 1 aromatic carbocycles. The van der Waals surface area contributed by atoms with Crippen molar-refractivity contribution in [1.82, 2.24) is 15.1 Å². The Morgan fingerprint density at radius 1 is 1.21 bits per heavy atom. The molecule has 1 aliphatic carbocycles.